The van der Waals surface area contributed by atoms with Crippen LogP contribution in [-0.4, -0.2) is 36.3 Å². The van der Waals surface area contributed by atoms with Gasteiger partial charge in [-0.2, -0.15) is 0 Å². The van der Waals surface area contributed by atoms with E-state index >= 15 is 0 Å². The van der Waals surface area contributed by atoms with Crippen LogP contribution in [0.4, 0.5) is 5.69 Å². The standard InChI is InChI=1S/C24H37N3O5/c1-5-7-8-9-10-20(28)27-23(17(3)4)24(31)25-15-21(29)26-19-13-11-18(12-14-19)16-32-22(30)6-2/h11-14,17,23H,5-10,15-16H2,1-4H3,(H,25,31)(H,26,29)(H,27,28). The molecular weight excluding hydrogens is 410 g/mol. The number of anilines is 1. The molecule has 0 bridgehead atoms. The van der Waals surface area contributed by atoms with Crippen molar-refractivity contribution in [2.75, 3.05) is 11.9 Å². The molecule has 32 heavy (non-hydrogen) atoms. The predicted octanol–water partition coefficient (Wildman–Crippen LogP) is 3.31. The van der Waals surface area contributed by atoms with Crippen molar-refractivity contribution < 1.29 is 23.9 Å². The first-order chi connectivity index (χ1) is 15.3. The number of hydrogen-bond acceptors (Lipinski definition) is 5. The van der Waals surface area contributed by atoms with Gasteiger partial charge >= 0.3 is 5.97 Å². The van der Waals surface area contributed by atoms with Crippen LogP contribution in [0.2, 0.25) is 0 Å². The number of ether oxygens (including phenoxy) is 1. The van der Waals surface area contributed by atoms with E-state index in [-0.39, 0.29) is 42.8 Å². The number of rotatable bonds is 14. The molecule has 178 valence electrons. The summed E-state index contributed by atoms with van der Waals surface area (Å²) in [5.74, 6) is -1.29. The molecule has 1 aromatic rings. The van der Waals surface area contributed by atoms with Crippen LogP contribution < -0.4 is 16.0 Å². The van der Waals surface area contributed by atoms with E-state index in [9.17, 15) is 19.2 Å². The fourth-order valence-corrected chi connectivity index (χ4v) is 2.93. The van der Waals surface area contributed by atoms with Crippen molar-refractivity contribution in [1.29, 1.82) is 0 Å². The topological polar surface area (TPSA) is 114 Å². The SMILES string of the molecule is CCCCCCC(=O)NC(C(=O)NCC(=O)Nc1ccc(COC(=O)CC)cc1)C(C)C. The minimum atomic E-state index is -0.688. The van der Waals surface area contributed by atoms with E-state index in [4.69, 9.17) is 4.74 Å². The minimum Gasteiger partial charge on any atom is -0.461 e. The van der Waals surface area contributed by atoms with Gasteiger partial charge in [-0.05, 0) is 30.0 Å². The van der Waals surface area contributed by atoms with E-state index in [1.165, 1.54) is 0 Å². The fraction of sp³-hybridized carbons (Fsp3) is 0.583. The van der Waals surface area contributed by atoms with Crippen molar-refractivity contribution in [1.82, 2.24) is 10.6 Å². The molecule has 0 fully saturated rings. The molecule has 0 spiro atoms. The molecular formula is C24H37N3O5. The molecule has 0 saturated carbocycles. The summed E-state index contributed by atoms with van der Waals surface area (Å²) in [5.41, 5.74) is 1.37. The van der Waals surface area contributed by atoms with E-state index < -0.39 is 6.04 Å². The second-order valence-corrected chi connectivity index (χ2v) is 8.08. The molecule has 0 heterocycles. The first-order valence-electron chi connectivity index (χ1n) is 11.4. The number of carbonyl (C=O) groups is 4. The van der Waals surface area contributed by atoms with Gasteiger partial charge in [0.05, 0.1) is 6.54 Å². The third-order valence-corrected chi connectivity index (χ3v) is 4.87. The smallest absolute Gasteiger partial charge is 0.305 e. The Labute approximate surface area is 190 Å². The highest BCUT2D eigenvalue weighted by atomic mass is 16.5. The fourth-order valence-electron chi connectivity index (χ4n) is 2.93. The molecule has 0 aliphatic rings. The molecule has 1 aromatic carbocycles. The molecule has 8 heteroatoms. The highest BCUT2D eigenvalue weighted by Crippen LogP contribution is 2.11. The third kappa shape index (κ3) is 10.9. The van der Waals surface area contributed by atoms with Crippen molar-refractivity contribution in [3.8, 4) is 0 Å². The molecule has 0 aliphatic carbocycles. The number of carbonyl (C=O) groups excluding carboxylic acids is 4. The van der Waals surface area contributed by atoms with E-state index in [0.717, 1.165) is 31.2 Å². The highest BCUT2D eigenvalue weighted by Gasteiger charge is 2.24. The number of nitrogens with one attached hydrogen (secondary N) is 3. The van der Waals surface area contributed by atoms with Crippen molar-refractivity contribution in [3.63, 3.8) is 0 Å². The van der Waals surface area contributed by atoms with Gasteiger partial charge in [0.1, 0.15) is 12.6 Å². The van der Waals surface area contributed by atoms with Crippen LogP contribution in [0.1, 0.15) is 71.8 Å². The predicted molar refractivity (Wildman–Crippen MR) is 124 cm³/mol. The maximum absolute atomic E-state index is 12.5. The number of benzene rings is 1. The van der Waals surface area contributed by atoms with Crippen LogP contribution in [-0.2, 0) is 30.5 Å². The van der Waals surface area contributed by atoms with Gasteiger partial charge in [0.15, 0.2) is 0 Å². The average molecular weight is 448 g/mol. The molecule has 0 aliphatic heterocycles. The normalized spacial score (nSPS) is 11.5. The lowest BCUT2D eigenvalue weighted by Gasteiger charge is -2.21. The molecule has 8 nitrogen and oxygen atoms in total. The summed E-state index contributed by atoms with van der Waals surface area (Å²) in [5, 5.41) is 8.07. The van der Waals surface area contributed by atoms with E-state index in [1.807, 2.05) is 13.8 Å². The zero-order valence-electron chi connectivity index (χ0n) is 19.7. The quantitative estimate of drug-likeness (QED) is 0.299. The summed E-state index contributed by atoms with van der Waals surface area (Å²) in [4.78, 5) is 48.0. The Kier molecular flexibility index (Phi) is 12.7. The van der Waals surface area contributed by atoms with Crippen LogP contribution >= 0.6 is 0 Å². The highest BCUT2D eigenvalue weighted by molar-refractivity contribution is 5.96. The second kappa shape index (κ2) is 15.0. The summed E-state index contributed by atoms with van der Waals surface area (Å²) < 4.78 is 5.06. The van der Waals surface area contributed by atoms with Crippen LogP contribution in [0.5, 0.6) is 0 Å². The molecule has 1 atom stereocenters. The maximum atomic E-state index is 12.5. The zero-order chi connectivity index (χ0) is 23.9. The maximum Gasteiger partial charge on any atom is 0.305 e. The summed E-state index contributed by atoms with van der Waals surface area (Å²) in [6.45, 7) is 7.51. The Hall–Kier alpha value is -2.90. The second-order valence-electron chi connectivity index (χ2n) is 8.08. The summed E-state index contributed by atoms with van der Waals surface area (Å²) in [7, 11) is 0. The third-order valence-electron chi connectivity index (χ3n) is 4.87. The van der Waals surface area contributed by atoms with Crippen molar-refractivity contribution in [3.05, 3.63) is 29.8 Å². The van der Waals surface area contributed by atoms with Gasteiger partial charge in [-0.3, -0.25) is 19.2 Å². The Morgan fingerprint density at radius 1 is 0.938 bits per heavy atom. The summed E-state index contributed by atoms with van der Waals surface area (Å²) >= 11 is 0. The van der Waals surface area contributed by atoms with Crippen molar-refractivity contribution >= 4 is 29.4 Å². The molecule has 3 N–H and O–H groups in total. The van der Waals surface area contributed by atoms with Crippen molar-refractivity contribution in [2.24, 2.45) is 5.92 Å². The zero-order valence-corrected chi connectivity index (χ0v) is 19.7. The Morgan fingerprint density at radius 3 is 2.22 bits per heavy atom. The van der Waals surface area contributed by atoms with Gasteiger partial charge in [-0.25, -0.2) is 0 Å². The first kappa shape index (κ1) is 27.1. The van der Waals surface area contributed by atoms with Gasteiger partial charge in [0.2, 0.25) is 17.7 Å². The van der Waals surface area contributed by atoms with Crippen LogP contribution in [0.3, 0.4) is 0 Å². The van der Waals surface area contributed by atoms with E-state index in [1.54, 1.807) is 31.2 Å². The molecule has 0 aromatic heterocycles. The van der Waals surface area contributed by atoms with E-state index in [0.29, 0.717) is 18.5 Å². The molecule has 1 unspecified atom stereocenters. The number of esters is 1. The lowest BCUT2D eigenvalue weighted by atomic mass is 10.0. The van der Waals surface area contributed by atoms with Gasteiger partial charge in [0.25, 0.3) is 0 Å². The molecule has 3 amide bonds. The number of unbranched alkanes of at least 4 members (excludes halogenated alkanes) is 3. The van der Waals surface area contributed by atoms with Crippen LogP contribution in [0.25, 0.3) is 0 Å². The monoisotopic (exact) mass is 447 g/mol. The summed E-state index contributed by atoms with van der Waals surface area (Å²) in [6.07, 6.45) is 4.69. The van der Waals surface area contributed by atoms with Gasteiger partial charge in [0, 0.05) is 18.5 Å². The number of hydrogen-bond donors (Lipinski definition) is 3. The van der Waals surface area contributed by atoms with Crippen molar-refractivity contribution in [2.45, 2.75) is 78.9 Å². The lowest BCUT2D eigenvalue weighted by molar-refractivity contribution is -0.144. The molecule has 0 radical (unpaired) electrons. The lowest BCUT2D eigenvalue weighted by Crippen LogP contribution is -2.51. The van der Waals surface area contributed by atoms with Gasteiger partial charge in [-0.15, -0.1) is 0 Å². The summed E-state index contributed by atoms with van der Waals surface area (Å²) in [6, 6.07) is 6.21. The first-order valence-corrected chi connectivity index (χ1v) is 11.4. The largest absolute Gasteiger partial charge is 0.461 e. The Balaban J connectivity index is 2.45. The van der Waals surface area contributed by atoms with Crippen LogP contribution in [0.15, 0.2) is 24.3 Å². The van der Waals surface area contributed by atoms with E-state index in [2.05, 4.69) is 22.9 Å². The average Bonchev–Trinajstić information content (AvgIpc) is 2.77. The molecule has 1 rings (SSSR count). The van der Waals surface area contributed by atoms with Gasteiger partial charge < -0.3 is 20.7 Å². The Morgan fingerprint density at radius 2 is 1.62 bits per heavy atom. The molecule has 0 saturated heterocycles. The van der Waals surface area contributed by atoms with Gasteiger partial charge in [-0.1, -0.05) is 59.1 Å². The van der Waals surface area contributed by atoms with Crippen LogP contribution in [0, 0.1) is 5.92 Å². The minimum absolute atomic E-state index is 0.105. The number of amides is 3. The Bertz CT molecular complexity index is 747.